The van der Waals surface area contributed by atoms with E-state index in [-0.39, 0.29) is 6.04 Å². The van der Waals surface area contributed by atoms with Gasteiger partial charge in [0.2, 0.25) is 0 Å². The smallest absolute Gasteiger partial charge is 0.309 e. The maximum absolute atomic E-state index is 12.0. The van der Waals surface area contributed by atoms with Crippen molar-refractivity contribution in [1.29, 1.82) is 0 Å². The molecule has 5 nitrogen and oxygen atoms in total. The van der Waals surface area contributed by atoms with Crippen molar-refractivity contribution in [2.75, 3.05) is 26.2 Å². The molecule has 0 bridgehead atoms. The molecule has 148 valence electrons. The lowest BCUT2D eigenvalue weighted by atomic mass is 9.95. The number of hydrogen-bond donors (Lipinski definition) is 2. The van der Waals surface area contributed by atoms with E-state index in [0.717, 1.165) is 64.6 Å². The van der Waals surface area contributed by atoms with Crippen LogP contribution >= 0.6 is 0 Å². The van der Waals surface area contributed by atoms with Crippen LogP contribution in [0.5, 0.6) is 0 Å². The lowest BCUT2D eigenvalue weighted by molar-refractivity contribution is -0.139. The van der Waals surface area contributed by atoms with E-state index in [1.807, 2.05) is 0 Å². The summed E-state index contributed by atoms with van der Waals surface area (Å²) in [5.74, 6) is -0.446. The summed E-state index contributed by atoms with van der Waals surface area (Å²) in [6, 6.07) is 10.8. The van der Waals surface area contributed by atoms with Crippen molar-refractivity contribution in [3.05, 3.63) is 35.9 Å². The van der Waals surface area contributed by atoms with Crippen molar-refractivity contribution in [2.24, 2.45) is 5.92 Å². The fraction of sp³-hybridized carbons (Fsp3) is 0.636. The monoisotopic (exact) mass is 371 g/mol. The molecule has 3 rings (SSSR count). The number of benzene rings is 1. The van der Waals surface area contributed by atoms with Crippen molar-refractivity contribution >= 4 is 11.8 Å². The molecule has 2 aliphatic rings. The Labute approximate surface area is 162 Å². The first-order valence-electron chi connectivity index (χ1n) is 10.6. The van der Waals surface area contributed by atoms with Gasteiger partial charge in [0, 0.05) is 19.1 Å². The minimum atomic E-state index is -0.466. The Kier molecular flexibility index (Phi) is 7.69. The molecule has 1 saturated heterocycles. The van der Waals surface area contributed by atoms with Crippen LogP contribution < -0.4 is 10.6 Å². The number of rotatable bonds is 6. The first kappa shape index (κ1) is 19.9. The summed E-state index contributed by atoms with van der Waals surface area (Å²) >= 11 is 0. The highest BCUT2D eigenvalue weighted by atomic mass is 16.2. The van der Waals surface area contributed by atoms with Gasteiger partial charge in [-0.05, 0) is 56.7 Å². The highest BCUT2D eigenvalue weighted by molar-refractivity contribution is 6.35. The second-order valence-corrected chi connectivity index (χ2v) is 8.04. The Morgan fingerprint density at radius 3 is 2.33 bits per heavy atom. The number of amides is 2. The van der Waals surface area contributed by atoms with Crippen molar-refractivity contribution in [3.63, 3.8) is 0 Å². The third kappa shape index (κ3) is 6.65. The normalized spacial score (nSPS) is 19.6. The van der Waals surface area contributed by atoms with Gasteiger partial charge in [-0.3, -0.25) is 9.59 Å². The molecule has 0 spiro atoms. The number of carbonyl (C=O) groups is 2. The van der Waals surface area contributed by atoms with Crippen LogP contribution in [0, 0.1) is 5.92 Å². The van der Waals surface area contributed by atoms with E-state index in [4.69, 9.17) is 0 Å². The zero-order chi connectivity index (χ0) is 18.9. The SMILES string of the molecule is O=C(NCC1CCN(CCc2ccccc2)CC1)C(=O)NC1CCCCC1. The molecule has 2 fully saturated rings. The molecule has 5 heteroatoms. The summed E-state index contributed by atoms with van der Waals surface area (Å²) in [6.45, 7) is 3.85. The molecule has 1 aromatic carbocycles. The van der Waals surface area contributed by atoms with Crippen LogP contribution in [-0.4, -0.2) is 48.9 Å². The van der Waals surface area contributed by atoms with Gasteiger partial charge >= 0.3 is 11.8 Å². The molecule has 0 atom stereocenters. The average molecular weight is 372 g/mol. The van der Waals surface area contributed by atoms with Crippen LogP contribution in [0.2, 0.25) is 0 Å². The fourth-order valence-electron chi connectivity index (χ4n) is 4.16. The number of likely N-dealkylation sites (tertiary alicyclic amines) is 1. The summed E-state index contributed by atoms with van der Waals surface area (Å²) in [6.07, 6.45) is 8.79. The van der Waals surface area contributed by atoms with E-state index in [9.17, 15) is 9.59 Å². The van der Waals surface area contributed by atoms with Gasteiger partial charge in [0.1, 0.15) is 0 Å². The van der Waals surface area contributed by atoms with Crippen LogP contribution in [0.3, 0.4) is 0 Å². The van der Waals surface area contributed by atoms with Gasteiger partial charge < -0.3 is 15.5 Å². The van der Waals surface area contributed by atoms with Gasteiger partial charge in [0.25, 0.3) is 0 Å². The molecule has 2 amide bonds. The Morgan fingerprint density at radius 2 is 1.63 bits per heavy atom. The molecule has 2 N–H and O–H groups in total. The third-order valence-electron chi connectivity index (χ3n) is 5.96. The van der Waals surface area contributed by atoms with E-state index in [1.54, 1.807) is 0 Å². The first-order chi connectivity index (χ1) is 13.2. The van der Waals surface area contributed by atoms with Gasteiger partial charge in [-0.1, -0.05) is 49.6 Å². The molecule has 1 saturated carbocycles. The van der Waals surface area contributed by atoms with Gasteiger partial charge in [0.15, 0.2) is 0 Å². The molecule has 0 aromatic heterocycles. The minimum Gasteiger partial charge on any atom is -0.348 e. The second kappa shape index (κ2) is 10.5. The van der Waals surface area contributed by atoms with E-state index in [1.165, 1.54) is 12.0 Å². The van der Waals surface area contributed by atoms with Crippen LogP contribution in [0.1, 0.15) is 50.5 Å². The number of nitrogens with one attached hydrogen (secondary N) is 2. The quantitative estimate of drug-likeness (QED) is 0.756. The zero-order valence-corrected chi connectivity index (χ0v) is 16.3. The van der Waals surface area contributed by atoms with E-state index in [2.05, 4.69) is 45.9 Å². The predicted octanol–water partition coefficient (Wildman–Crippen LogP) is 2.51. The maximum atomic E-state index is 12.0. The van der Waals surface area contributed by atoms with Crippen LogP contribution in [-0.2, 0) is 16.0 Å². The zero-order valence-electron chi connectivity index (χ0n) is 16.3. The summed E-state index contributed by atoms with van der Waals surface area (Å²) < 4.78 is 0. The Balaban J connectivity index is 1.29. The second-order valence-electron chi connectivity index (χ2n) is 8.04. The summed E-state index contributed by atoms with van der Waals surface area (Å²) in [4.78, 5) is 26.6. The Morgan fingerprint density at radius 1 is 0.926 bits per heavy atom. The molecular weight excluding hydrogens is 338 g/mol. The fourth-order valence-corrected chi connectivity index (χ4v) is 4.16. The molecule has 0 unspecified atom stereocenters. The third-order valence-corrected chi connectivity index (χ3v) is 5.96. The number of hydrogen-bond acceptors (Lipinski definition) is 3. The van der Waals surface area contributed by atoms with Crippen LogP contribution in [0.15, 0.2) is 30.3 Å². The Hall–Kier alpha value is -1.88. The Bertz CT molecular complexity index is 591. The molecule has 1 aliphatic carbocycles. The van der Waals surface area contributed by atoms with Crippen LogP contribution in [0.4, 0.5) is 0 Å². The summed E-state index contributed by atoms with van der Waals surface area (Å²) in [5, 5.41) is 5.73. The van der Waals surface area contributed by atoms with Crippen molar-refractivity contribution in [1.82, 2.24) is 15.5 Å². The van der Waals surface area contributed by atoms with Gasteiger partial charge in [-0.15, -0.1) is 0 Å². The molecule has 1 aromatic rings. The van der Waals surface area contributed by atoms with Crippen molar-refractivity contribution < 1.29 is 9.59 Å². The summed E-state index contributed by atoms with van der Waals surface area (Å²) in [7, 11) is 0. The van der Waals surface area contributed by atoms with E-state index >= 15 is 0 Å². The predicted molar refractivity (Wildman–Crippen MR) is 107 cm³/mol. The highest BCUT2D eigenvalue weighted by Crippen LogP contribution is 2.18. The molecular formula is C22H33N3O2. The van der Waals surface area contributed by atoms with Gasteiger partial charge in [0.05, 0.1) is 0 Å². The van der Waals surface area contributed by atoms with Crippen molar-refractivity contribution in [3.8, 4) is 0 Å². The van der Waals surface area contributed by atoms with E-state index < -0.39 is 11.8 Å². The minimum absolute atomic E-state index is 0.185. The topological polar surface area (TPSA) is 61.4 Å². The summed E-state index contributed by atoms with van der Waals surface area (Å²) in [5.41, 5.74) is 1.39. The standard InChI is InChI=1S/C22H33N3O2/c26-21(22(27)24-20-9-5-2-6-10-20)23-17-19-12-15-25(16-13-19)14-11-18-7-3-1-4-8-18/h1,3-4,7-8,19-20H,2,5-6,9-17H2,(H,23,26)(H,24,27). The molecule has 1 aliphatic heterocycles. The lowest BCUT2D eigenvalue weighted by Crippen LogP contribution is -2.47. The molecule has 1 heterocycles. The van der Waals surface area contributed by atoms with Crippen LogP contribution in [0.25, 0.3) is 0 Å². The van der Waals surface area contributed by atoms with Crippen molar-refractivity contribution in [2.45, 2.75) is 57.4 Å². The molecule has 27 heavy (non-hydrogen) atoms. The van der Waals surface area contributed by atoms with Gasteiger partial charge in [-0.25, -0.2) is 0 Å². The molecule has 0 radical (unpaired) electrons. The maximum Gasteiger partial charge on any atom is 0.309 e. The highest BCUT2D eigenvalue weighted by Gasteiger charge is 2.23. The van der Waals surface area contributed by atoms with E-state index in [0.29, 0.717) is 12.5 Å². The number of piperidine rings is 1. The average Bonchev–Trinajstić information content (AvgIpc) is 2.72. The van der Waals surface area contributed by atoms with Gasteiger partial charge in [-0.2, -0.15) is 0 Å². The number of carbonyl (C=O) groups excluding carboxylic acids is 2. The number of nitrogens with zero attached hydrogens (tertiary/aromatic N) is 1. The lowest BCUT2D eigenvalue weighted by Gasteiger charge is -2.32. The largest absolute Gasteiger partial charge is 0.348 e. The first-order valence-corrected chi connectivity index (χ1v) is 10.6.